The molecule has 0 saturated carbocycles. The average Bonchev–Trinajstić information content (AvgIpc) is 2.38. The summed E-state index contributed by atoms with van der Waals surface area (Å²) in [5.74, 6) is 0.770. The van der Waals surface area contributed by atoms with E-state index in [1.54, 1.807) is 0 Å². The molecule has 0 atom stereocenters. The maximum absolute atomic E-state index is 12.2. The van der Waals surface area contributed by atoms with Crippen LogP contribution < -0.4 is 28.6 Å². The van der Waals surface area contributed by atoms with Crippen LogP contribution in [0.4, 0.5) is 0 Å². The van der Waals surface area contributed by atoms with Crippen LogP contribution in [0, 0.1) is 0 Å². The van der Waals surface area contributed by atoms with Gasteiger partial charge < -0.3 is 24.8 Å². The third kappa shape index (κ3) is 8.64. The van der Waals surface area contributed by atoms with E-state index < -0.39 is 18.9 Å². The zero-order valence-electron chi connectivity index (χ0n) is 14.5. The van der Waals surface area contributed by atoms with Crippen molar-refractivity contribution in [1.82, 2.24) is 3.80 Å². The molecule has 0 heterocycles. The molecule has 6 heteroatoms. The molecule has 0 aliphatic heterocycles. The van der Waals surface area contributed by atoms with Crippen molar-refractivity contribution in [1.29, 1.82) is 0 Å². The summed E-state index contributed by atoms with van der Waals surface area (Å²) in [6.45, 7) is 13.0. The fourth-order valence-electron chi connectivity index (χ4n) is 1.96. The number of hydrogen-bond donors (Lipinski definition) is 1. The molecule has 0 radical (unpaired) electrons. The van der Waals surface area contributed by atoms with Gasteiger partial charge in [0.15, 0.2) is 0 Å². The van der Waals surface area contributed by atoms with Crippen LogP contribution >= 0.6 is 0 Å². The minimum atomic E-state index is -0.595. The first-order chi connectivity index (χ1) is 9.40. The first-order valence-electron chi connectivity index (χ1n) is 7.35. The van der Waals surface area contributed by atoms with E-state index in [0.29, 0.717) is 21.4 Å². The maximum atomic E-state index is 12.2. The molecule has 0 bridgehead atoms. The molecule has 1 N–H and O–H groups in total. The van der Waals surface area contributed by atoms with Gasteiger partial charge in [0.05, 0.1) is 0 Å². The number of carbonyl (C=O) groups excluding carboxylic acids is 1. The van der Waals surface area contributed by atoms with E-state index in [0.717, 1.165) is 16.7 Å². The third-order valence-electron chi connectivity index (χ3n) is 2.80. The molecular weight excluding hydrogens is 369 g/mol. The van der Waals surface area contributed by atoms with Crippen molar-refractivity contribution in [2.75, 3.05) is 0 Å². The molecule has 1 aromatic rings. The van der Waals surface area contributed by atoms with E-state index in [1.165, 1.54) is 0 Å². The molecule has 0 aromatic heterocycles. The topological polar surface area (TPSA) is 29.1 Å². The quantitative estimate of drug-likeness (QED) is 0.553. The number of amides is 1. The molecule has 0 aliphatic rings. The molecule has 1 rings (SSSR count). The average molecular weight is 397 g/mol. The van der Waals surface area contributed by atoms with Crippen molar-refractivity contribution >= 4 is 20.2 Å². The Kier molecular flexibility index (Phi) is 17.9. The van der Waals surface area contributed by atoms with Crippen molar-refractivity contribution in [3.05, 3.63) is 34.9 Å². The Bertz CT molecular complexity index is 428. The Morgan fingerprint density at radius 3 is 1.73 bits per heavy atom. The molecule has 0 saturated heterocycles. The van der Waals surface area contributed by atoms with Crippen molar-refractivity contribution in [2.45, 2.75) is 52.6 Å². The summed E-state index contributed by atoms with van der Waals surface area (Å²) < 4.78 is 2.93. The summed E-state index contributed by atoms with van der Waals surface area (Å²) >= 11 is -0.595. The Morgan fingerprint density at radius 1 is 1.09 bits per heavy atom. The zero-order valence-corrected chi connectivity index (χ0v) is 19.0. The number of benzene rings is 1. The van der Waals surface area contributed by atoms with E-state index in [1.807, 2.05) is 6.07 Å². The normalized spacial score (nSPS) is 8.91. The van der Waals surface area contributed by atoms with Gasteiger partial charge in [0, 0.05) is 9.52 Å². The molecule has 1 amide bonds. The van der Waals surface area contributed by atoms with Gasteiger partial charge >= 0.3 is 113 Å². The minimum absolute atomic E-state index is 0. The molecule has 0 spiro atoms. The smallest absolute Gasteiger partial charge is 1.00 e. The minimum Gasteiger partial charge on any atom is -1.00 e. The number of nitrogens with one attached hydrogen (secondary N) is 1. The predicted molar refractivity (Wildman–Crippen MR) is 89.5 cm³/mol. The Balaban J connectivity index is -0.000000666. The van der Waals surface area contributed by atoms with Crippen LogP contribution in [-0.4, -0.2) is 20.2 Å². The maximum Gasteiger partial charge on any atom is -1.00 e. The predicted octanol–water partition coefficient (Wildman–Crippen LogP) is -2.65. The summed E-state index contributed by atoms with van der Waals surface area (Å²) in [5, 5.41) is 0. The SMILES string of the molecule is C[SiH2]C.[CH2]=[Ti+2][NH]C(=O)c1c(C(C)C)cccc1C(C)C.[Cl-].[Cl-]. The largest absolute Gasteiger partial charge is 1.00 e. The van der Waals surface area contributed by atoms with Gasteiger partial charge in [0.25, 0.3) is 0 Å². The van der Waals surface area contributed by atoms with Crippen molar-refractivity contribution in [3.63, 3.8) is 0 Å². The van der Waals surface area contributed by atoms with Gasteiger partial charge in [-0.15, -0.1) is 0 Å². The number of rotatable bonds is 4. The van der Waals surface area contributed by atoms with E-state index in [4.69, 9.17) is 0 Å². The third-order valence-corrected chi connectivity index (χ3v) is 3.43. The molecule has 1 aromatic carbocycles. The van der Waals surface area contributed by atoms with Crippen LogP contribution in [0.3, 0.4) is 0 Å². The fraction of sp³-hybridized carbons (Fsp3) is 0.500. The van der Waals surface area contributed by atoms with Crippen LogP contribution in [0.15, 0.2) is 18.2 Å². The Hall–Kier alpha value is 0.0712. The second-order valence-corrected chi connectivity index (χ2v) is 7.82. The zero-order chi connectivity index (χ0) is 15.7. The van der Waals surface area contributed by atoms with Gasteiger partial charge in [0.2, 0.25) is 0 Å². The monoisotopic (exact) mass is 396 g/mol. The summed E-state index contributed by atoms with van der Waals surface area (Å²) in [4.78, 5) is 16.0. The van der Waals surface area contributed by atoms with Gasteiger partial charge in [-0.3, -0.25) is 0 Å². The molecule has 2 nitrogen and oxygen atoms in total. The number of hydrogen-bond acceptors (Lipinski definition) is 1. The van der Waals surface area contributed by atoms with Gasteiger partial charge in [-0.1, -0.05) is 13.1 Å². The van der Waals surface area contributed by atoms with E-state index in [-0.39, 0.29) is 30.7 Å². The first kappa shape index (κ1) is 26.9. The number of halogens is 2. The first-order valence-corrected chi connectivity index (χ1v) is 12.1. The Morgan fingerprint density at radius 2 is 1.45 bits per heavy atom. The molecule has 22 heavy (non-hydrogen) atoms. The standard InChI is InChI=1S/C13H19NO.C2H8Si.CH2.2ClH.Ti/c1-8(2)10-6-5-7-11(9(3)4)12(10)13(14)15;1-3-2;;;;/h5-9H,1-4H3,(H2,14,15);3H2,1-2H3;1H2;2*1H;/q;;;;;+3/p-3. The van der Waals surface area contributed by atoms with Gasteiger partial charge in [-0.05, 0) is 0 Å². The molecule has 0 fully saturated rings. The summed E-state index contributed by atoms with van der Waals surface area (Å²) in [7, 11) is 0.417. The van der Waals surface area contributed by atoms with E-state index in [2.05, 4.69) is 61.5 Å². The van der Waals surface area contributed by atoms with Gasteiger partial charge in [0.1, 0.15) is 0 Å². The van der Waals surface area contributed by atoms with Crippen molar-refractivity contribution in [3.8, 4) is 0 Å². The summed E-state index contributed by atoms with van der Waals surface area (Å²) in [6, 6.07) is 6.14. The molecule has 0 unspecified atom stereocenters. The summed E-state index contributed by atoms with van der Waals surface area (Å²) in [6.07, 6.45) is 0. The molecular formula is C16H28Cl2NOSiTi. The summed E-state index contributed by atoms with van der Waals surface area (Å²) in [5.41, 5.74) is 3.13. The van der Waals surface area contributed by atoms with E-state index in [9.17, 15) is 4.79 Å². The van der Waals surface area contributed by atoms with Gasteiger partial charge in [-0.2, -0.15) is 0 Å². The number of carbonyl (C=O) groups is 1. The second kappa shape index (κ2) is 14.7. The fourth-order valence-corrected chi connectivity index (χ4v) is 2.40. The molecule has 125 valence electrons. The second-order valence-electron chi connectivity index (χ2n) is 5.46. The van der Waals surface area contributed by atoms with E-state index >= 15 is 0 Å². The van der Waals surface area contributed by atoms with Gasteiger partial charge in [-0.25, -0.2) is 0 Å². The van der Waals surface area contributed by atoms with Crippen molar-refractivity contribution < 1.29 is 48.6 Å². The van der Waals surface area contributed by atoms with Crippen molar-refractivity contribution in [2.24, 2.45) is 0 Å². The van der Waals surface area contributed by atoms with Crippen LogP contribution in [0.1, 0.15) is 61.0 Å². The Labute approximate surface area is 159 Å². The van der Waals surface area contributed by atoms with Crippen LogP contribution in [0.5, 0.6) is 0 Å². The van der Waals surface area contributed by atoms with Crippen LogP contribution in [0.25, 0.3) is 0 Å². The van der Waals surface area contributed by atoms with Crippen LogP contribution in [0.2, 0.25) is 13.1 Å². The van der Waals surface area contributed by atoms with Crippen LogP contribution in [-0.2, 0) is 18.9 Å². The molecule has 0 aliphatic carbocycles.